The van der Waals surface area contributed by atoms with E-state index in [0.29, 0.717) is 12.1 Å². The van der Waals surface area contributed by atoms with Crippen LogP contribution in [0.5, 0.6) is 0 Å². The zero-order chi connectivity index (χ0) is 14.9. The van der Waals surface area contributed by atoms with Crippen molar-refractivity contribution in [2.45, 2.75) is 78.5 Å². The van der Waals surface area contributed by atoms with Crippen LogP contribution >= 0.6 is 0 Å². The van der Waals surface area contributed by atoms with Crippen molar-refractivity contribution in [2.24, 2.45) is 0 Å². The fraction of sp³-hybridized carbons (Fsp3) is 0.929. The first-order valence-corrected chi connectivity index (χ1v) is 7.62. The normalized spacial score (nSPS) is 33.8. The smallest absolute Gasteiger partial charge is 0.266 e. The van der Waals surface area contributed by atoms with Gasteiger partial charge < -0.3 is 9.47 Å². The molecule has 4 unspecified atom stereocenters. The second-order valence-corrected chi connectivity index (χ2v) is 6.08. The minimum absolute atomic E-state index is 0.0681. The van der Waals surface area contributed by atoms with Crippen molar-refractivity contribution in [3.05, 3.63) is 0 Å². The predicted molar refractivity (Wildman–Crippen MR) is 78.5 cm³/mol. The molecule has 0 amide bonds. The topological polar surface area (TPSA) is 57.6 Å². The van der Waals surface area contributed by atoms with E-state index in [1.54, 1.807) is 0 Å². The molecule has 0 saturated carbocycles. The van der Waals surface area contributed by atoms with E-state index in [1.165, 1.54) is 0 Å². The molecule has 0 aliphatic carbocycles. The molecule has 3 N–H and O–H groups in total. The summed E-state index contributed by atoms with van der Waals surface area (Å²) in [5.41, 5.74) is 0. The lowest BCUT2D eigenvalue weighted by Crippen LogP contribution is -2.64. The van der Waals surface area contributed by atoms with Crippen molar-refractivity contribution < 1.29 is 14.0 Å². The van der Waals surface area contributed by atoms with Gasteiger partial charge in [0, 0.05) is 19.0 Å². The van der Waals surface area contributed by atoms with Gasteiger partial charge in [-0.05, 0) is 34.6 Å². The molecule has 2 aliphatic heterocycles. The maximum absolute atomic E-state index is 6.25. The van der Waals surface area contributed by atoms with Gasteiger partial charge in [0.15, 0.2) is 12.5 Å². The molecule has 20 heavy (non-hydrogen) atoms. The molecule has 0 aromatic heterocycles. The monoisotopic (exact) mass is 285 g/mol. The van der Waals surface area contributed by atoms with E-state index in [0.717, 1.165) is 12.4 Å². The lowest BCUT2D eigenvalue weighted by Gasteiger charge is -2.38. The molecule has 0 spiro atoms. The maximum Gasteiger partial charge on any atom is 0.266 e. The summed E-state index contributed by atoms with van der Waals surface area (Å²) in [5.74, 6) is 1.11. The van der Waals surface area contributed by atoms with E-state index in [1.807, 2.05) is 0 Å². The SMILES string of the molecule is CC[N+]1=C(C)NC2OC(NC(C)C)C(NC(C)C)OC21. The van der Waals surface area contributed by atoms with Crippen molar-refractivity contribution in [1.29, 1.82) is 0 Å². The third-order valence-electron chi connectivity index (χ3n) is 3.54. The maximum atomic E-state index is 6.25. The number of likely N-dealkylation sites (N-methyl/N-ethyl adjacent to an activating group) is 1. The highest BCUT2D eigenvalue weighted by atomic mass is 16.6. The van der Waals surface area contributed by atoms with Crippen LogP contribution in [0.25, 0.3) is 0 Å². The summed E-state index contributed by atoms with van der Waals surface area (Å²) >= 11 is 0. The molecule has 0 aromatic carbocycles. The van der Waals surface area contributed by atoms with Gasteiger partial charge >= 0.3 is 0 Å². The Morgan fingerprint density at radius 1 is 1.10 bits per heavy atom. The van der Waals surface area contributed by atoms with Crippen molar-refractivity contribution in [2.75, 3.05) is 6.54 Å². The quantitative estimate of drug-likeness (QED) is 0.638. The second kappa shape index (κ2) is 6.39. The third kappa shape index (κ3) is 3.31. The summed E-state index contributed by atoms with van der Waals surface area (Å²) in [6.07, 6.45) is -0.492. The lowest BCUT2D eigenvalue weighted by atomic mass is 10.3. The van der Waals surface area contributed by atoms with Gasteiger partial charge in [-0.1, -0.05) is 0 Å². The third-order valence-corrected chi connectivity index (χ3v) is 3.54. The Morgan fingerprint density at radius 2 is 1.65 bits per heavy atom. The van der Waals surface area contributed by atoms with Crippen molar-refractivity contribution in [3.8, 4) is 0 Å². The van der Waals surface area contributed by atoms with Crippen LogP contribution in [0.4, 0.5) is 0 Å². The van der Waals surface area contributed by atoms with E-state index in [2.05, 4.69) is 62.1 Å². The molecular weight excluding hydrogens is 256 g/mol. The number of fused-ring (bicyclic) bond motifs is 1. The van der Waals surface area contributed by atoms with Gasteiger partial charge in [-0.2, -0.15) is 0 Å². The number of nitrogens with zero attached hydrogens (tertiary/aromatic N) is 1. The molecule has 2 rings (SSSR count). The Balaban J connectivity index is 2.11. The van der Waals surface area contributed by atoms with Gasteiger partial charge in [0.25, 0.3) is 12.5 Å². The summed E-state index contributed by atoms with van der Waals surface area (Å²) in [7, 11) is 0. The molecule has 1 saturated heterocycles. The molecule has 2 heterocycles. The Morgan fingerprint density at radius 3 is 2.15 bits per heavy atom. The Kier molecular flexibility index (Phi) is 5.01. The molecule has 116 valence electrons. The largest absolute Gasteiger partial charge is 0.311 e. The highest BCUT2D eigenvalue weighted by Crippen LogP contribution is 2.21. The molecule has 6 nitrogen and oxygen atoms in total. The van der Waals surface area contributed by atoms with Crippen LogP contribution in [0.2, 0.25) is 0 Å². The molecule has 0 bridgehead atoms. The number of amidine groups is 1. The van der Waals surface area contributed by atoms with Crippen molar-refractivity contribution in [1.82, 2.24) is 16.0 Å². The van der Waals surface area contributed by atoms with Crippen LogP contribution in [-0.4, -0.2) is 54.0 Å². The summed E-state index contributed by atoms with van der Waals surface area (Å²) < 4.78 is 14.6. The number of rotatable bonds is 5. The molecular formula is C14H29N4O2+. The number of hydrogen-bond donors (Lipinski definition) is 3. The average Bonchev–Trinajstić information content (AvgIpc) is 2.62. The van der Waals surface area contributed by atoms with Crippen LogP contribution in [0.1, 0.15) is 41.5 Å². The van der Waals surface area contributed by atoms with Crippen LogP contribution in [-0.2, 0) is 9.47 Å². The minimum Gasteiger partial charge on any atom is -0.311 e. The van der Waals surface area contributed by atoms with E-state index in [-0.39, 0.29) is 24.9 Å². The zero-order valence-corrected chi connectivity index (χ0v) is 13.4. The van der Waals surface area contributed by atoms with Gasteiger partial charge in [-0.15, -0.1) is 0 Å². The minimum atomic E-state index is -0.157. The Hall–Kier alpha value is -0.690. The molecule has 0 radical (unpaired) electrons. The van der Waals surface area contributed by atoms with E-state index >= 15 is 0 Å². The highest BCUT2D eigenvalue weighted by molar-refractivity contribution is 5.75. The summed E-state index contributed by atoms with van der Waals surface area (Å²) in [5, 5.41) is 10.2. The molecule has 2 aliphatic rings. The Bertz CT molecular complexity index is 370. The van der Waals surface area contributed by atoms with Crippen LogP contribution < -0.4 is 16.0 Å². The summed E-state index contributed by atoms with van der Waals surface area (Å²) in [6, 6.07) is 0.677. The van der Waals surface area contributed by atoms with Gasteiger partial charge in [0.1, 0.15) is 0 Å². The molecule has 0 aromatic rings. The highest BCUT2D eigenvalue weighted by Gasteiger charge is 2.49. The van der Waals surface area contributed by atoms with Gasteiger partial charge in [0.2, 0.25) is 5.84 Å². The fourth-order valence-corrected chi connectivity index (χ4v) is 2.74. The van der Waals surface area contributed by atoms with Crippen LogP contribution in [0.3, 0.4) is 0 Å². The zero-order valence-electron chi connectivity index (χ0n) is 13.4. The number of hydrogen-bond acceptors (Lipinski definition) is 5. The Labute approximate surface area is 121 Å². The van der Waals surface area contributed by atoms with E-state index in [4.69, 9.17) is 9.47 Å². The van der Waals surface area contributed by atoms with Gasteiger partial charge in [0.05, 0.1) is 6.54 Å². The van der Waals surface area contributed by atoms with Crippen molar-refractivity contribution in [3.63, 3.8) is 0 Å². The molecule has 6 heteroatoms. The summed E-state index contributed by atoms with van der Waals surface area (Å²) in [4.78, 5) is 0. The number of ether oxygens (including phenoxy) is 2. The van der Waals surface area contributed by atoms with E-state index in [9.17, 15) is 0 Å². The van der Waals surface area contributed by atoms with Gasteiger partial charge in [-0.25, -0.2) is 9.89 Å². The second-order valence-electron chi connectivity index (χ2n) is 6.08. The lowest BCUT2D eigenvalue weighted by molar-refractivity contribution is -0.626. The standard InChI is InChI=1S/C14H28N4O2/c1-7-18-10(6)17-13-14(18)20-12(16-9(4)5)11(19-13)15-8(2)3/h8-9,11-16H,7H2,1-6H3/p+1. The molecule has 4 atom stereocenters. The summed E-state index contributed by atoms with van der Waals surface area (Å²) in [6.45, 7) is 13.5. The average molecular weight is 285 g/mol. The fourth-order valence-electron chi connectivity index (χ4n) is 2.74. The number of nitrogens with one attached hydrogen (secondary N) is 3. The molecule has 1 fully saturated rings. The predicted octanol–water partition coefficient (Wildman–Crippen LogP) is 0.388. The van der Waals surface area contributed by atoms with E-state index < -0.39 is 0 Å². The van der Waals surface area contributed by atoms with Crippen LogP contribution in [0, 0.1) is 0 Å². The van der Waals surface area contributed by atoms with Crippen LogP contribution in [0.15, 0.2) is 0 Å². The first kappa shape index (κ1) is 15.7. The van der Waals surface area contributed by atoms with Gasteiger partial charge in [-0.3, -0.25) is 10.6 Å². The first-order valence-electron chi connectivity index (χ1n) is 7.62. The van der Waals surface area contributed by atoms with Crippen molar-refractivity contribution >= 4 is 5.84 Å². The first-order chi connectivity index (χ1) is 9.42.